The third-order valence-corrected chi connectivity index (χ3v) is 5.12. The van der Waals surface area contributed by atoms with Crippen LogP contribution in [0, 0.1) is 0 Å². The lowest BCUT2D eigenvalue weighted by molar-refractivity contribution is -0.119. The monoisotopic (exact) mass is 404 g/mol. The number of aromatic amines is 1. The first kappa shape index (κ1) is 20.9. The Bertz CT molecular complexity index is 925. The van der Waals surface area contributed by atoms with E-state index in [-0.39, 0.29) is 36.5 Å². The first-order chi connectivity index (χ1) is 14.0. The van der Waals surface area contributed by atoms with Gasteiger partial charge in [-0.1, -0.05) is 13.3 Å². The maximum absolute atomic E-state index is 13.1. The van der Waals surface area contributed by atoms with Crippen molar-refractivity contribution in [2.45, 2.75) is 64.6 Å². The molecule has 29 heavy (non-hydrogen) atoms. The van der Waals surface area contributed by atoms with Gasteiger partial charge in [0.1, 0.15) is 11.6 Å². The molecule has 0 aliphatic carbocycles. The highest BCUT2D eigenvalue weighted by Gasteiger charge is 2.26. The number of nitrogens with zero attached hydrogens (tertiary/aromatic N) is 2. The lowest BCUT2D eigenvalue weighted by Gasteiger charge is -2.24. The molecule has 9 nitrogen and oxygen atoms in total. The summed E-state index contributed by atoms with van der Waals surface area (Å²) in [5.74, 6) is 0.236. The molecule has 1 fully saturated rings. The van der Waals surface area contributed by atoms with E-state index in [1.165, 1.54) is 15.7 Å². The van der Waals surface area contributed by atoms with Gasteiger partial charge in [-0.2, -0.15) is 0 Å². The van der Waals surface area contributed by atoms with Crippen LogP contribution >= 0.6 is 0 Å². The Labute approximate surface area is 168 Å². The van der Waals surface area contributed by atoms with Gasteiger partial charge < -0.3 is 14.9 Å². The van der Waals surface area contributed by atoms with Gasteiger partial charge in [-0.25, -0.2) is 4.79 Å². The standard InChI is InChI=1S/C20H28N4O5/c1-2-3-10-23-18(21)17(19(26)22-20(23)27)24(13-15-7-5-12-29-15)16(25)9-8-14-6-4-11-28-14/h5,7,12,14H,2-4,6,8-11,13,21H2,1H3,(H,22,26,27). The van der Waals surface area contributed by atoms with E-state index >= 15 is 0 Å². The average Bonchev–Trinajstić information content (AvgIpc) is 3.39. The maximum Gasteiger partial charge on any atom is 0.330 e. The molecule has 1 atom stereocenters. The fraction of sp³-hybridized carbons (Fsp3) is 0.550. The molecule has 3 N–H and O–H groups in total. The minimum atomic E-state index is -0.683. The highest BCUT2D eigenvalue weighted by Crippen LogP contribution is 2.23. The van der Waals surface area contributed by atoms with Crippen molar-refractivity contribution in [2.75, 3.05) is 17.2 Å². The predicted molar refractivity (Wildman–Crippen MR) is 109 cm³/mol. The first-order valence-electron chi connectivity index (χ1n) is 10.1. The van der Waals surface area contributed by atoms with E-state index in [2.05, 4.69) is 4.98 Å². The van der Waals surface area contributed by atoms with Crippen LogP contribution in [0.4, 0.5) is 11.5 Å². The third kappa shape index (κ3) is 4.97. The summed E-state index contributed by atoms with van der Waals surface area (Å²) in [6.45, 7) is 3.12. The fourth-order valence-electron chi connectivity index (χ4n) is 3.52. The van der Waals surface area contributed by atoms with Gasteiger partial charge in [0, 0.05) is 19.6 Å². The number of rotatable bonds is 9. The van der Waals surface area contributed by atoms with Gasteiger partial charge in [-0.15, -0.1) is 0 Å². The zero-order chi connectivity index (χ0) is 20.8. The molecular formula is C20H28N4O5. The second-order valence-electron chi connectivity index (χ2n) is 7.23. The predicted octanol–water partition coefficient (Wildman–Crippen LogP) is 2.00. The van der Waals surface area contributed by atoms with Crippen molar-refractivity contribution in [1.82, 2.24) is 9.55 Å². The van der Waals surface area contributed by atoms with Crippen LogP contribution in [0.25, 0.3) is 0 Å². The van der Waals surface area contributed by atoms with Crippen LogP contribution in [0.15, 0.2) is 32.4 Å². The number of carbonyl (C=O) groups excluding carboxylic acids is 1. The van der Waals surface area contributed by atoms with Gasteiger partial charge in [0.05, 0.1) is 18.9 Å². The number of H-pyrrole nitrogens is 1. The summed E-state index contributed by atoms with van der Waals surface area (Å²) >= 11 is 0. The van der Waals surface area contributed by atoms with Crippen molar-refractivity contribution in [3.8, 4) is 0 Å². The molecule has 0 bridgehead atoms. The Morgan fingerprint density at radius 3 is 2.90 bits per heavy atom. The third-order valence-electron chi connectivity index (χ3n) is 5.12. The van der Waals surface area contributed by atoms with Gasteiger partial charge in [-0.05, 0) is 37.8 Å². The quantitative estimate of drug-likeness (QED) is 0.659. The van der Waals surface area contributed by atoms with Crippen LogP contribution in [0.3, 0.4) is 0 Å². The van der Waals surface area contributed by atoms with Crippen LogP contribution in [0.1, 0.15) is 51.2 Å². The molecule has 1 saturated heterocycles. The summed E-state index contributed by atoms with van der Waals surface area (Å²) in [4.78, 5) is 41.5. The normalized spacial score (nSPS) is 16.2. The van der Waals surface area contributed by atoms with E-state index < -0.39 is 11.2 Å². The number of aromatic nitrogens is 2. The molecule has 3 heterocycles. The highest BCUT2D eigenvalue weighted by molar-refractivity contribution is 5.95. The Hall–Kier alpha value is -2.81. The topological polar surface area (TPSA) is 124 Å². The fourth-order valence-corrected chi connectivity index (χ4v) is 3.52. The number of ether oxygens (including phenoxy) is 1. The van der Waals surface area contributed by atoms with Gasteiger partial charge in [0.2, 0.25) is 5.91 Å². The van der Waals surface area contributed by atoms with Crippen molar-refractivity contribution in [3.63, 3.8) is 0 Å². The summed E-state index contributed by atoms with van der Waals surface area (Å²) in [5.41, 5.74) is 4.93. The van der Waals surface area contributed by atoms with E-state index in [0.29, 0.717) is 25.3 Å². The molecule has 9 heteroatoms. The number of nitrogens with one attached hydrogen (secondary N) is 1. The first-order valence-corrected chi connectivity index (χ1v) is 10.1. The minimum absolute atomic E-state index is 0.00998. The number of unbranched alkanes of at least 4 members (excludes halogenated alkanes) is 1. The summed E-state index contributed by atoms with van der Waals surface area (Å²) in [7, 11) is 0. The van der Waals surface area contributed by atoms with Crippen LogP contribution in [0.5, 0.6) is 0 Å². The average molecular weight is 404 g/mol. The minimum Gasteiger partial charge on any atom is -0.467 e. The second kappa shape index (κ2) is 9.60. The summed E-state index contributed by atoms with van der Waals surface area (Å²) in [5, 5.41) is 0. The number of amides is 1. The number of nitrogen functional groups attached to an aromatic ring is 1. The van der Waals surface area contributed by atoms with Crippen LogP contribution < -0.4 is 21.9 Å². The van der Waals surface area contributed by atoms with Crippen molar-refractivity contribution in [1.29, 1.82) is 0 Å². The molecular weight excluding hydrogens is 376 g/mol. The molecule has 0 saturated carbocycles. The smallest absolute Gasteiger partial charge is 0.330 e. The Morgan fingerprint density at radius 1 is 1.41 bits per heavy atom. The zero-order valence-corrected chi connectivity index (χ0v) is 16.7. The molecule has 0 spiro atoms. The molecule has 3 rings (SSSR count). The van der Waals surface area contributed by atoms with E-state index in [1.807, 2.05) is 6.92 Å². The summed E-state index contributed by atoms with van der Waals surface area (Å²) < 4.78 is 12.3. The van der Waals surface area contributed by atoms with E-state index in [4.69, 9.17) is 14.9 Å². The van der Waals surface area contributed by atoms with E-state index in [0.717, 1.165) is 25.7 Å². The molecule has 1 unspecified atom stereocenters. The number of furan rings is 1. The molecule has 1 aliphatic rings. The Balaban J connectivity index is 1.93. The number of hydrogen-bond acceptors (Lipinski definition) is 6. The number of hydrogen-bond donors (Lipinski definition) is 2. The van der Waals surface area contributed by atoms with Crippen LogP contribution in [0.2, 0.25) is 0 Å². The van der Waals surface area contributed by atoms with Gasteiger partial charge in [-0.3, -0.25) is 24.0 Å². The lowest BCUT2D eigenvalue weighted by atomic mass is 10.1. The SMILES string of the molecule is CCCCn1c(N)c(N(Cc2ccco2)C(=O)CCC2CCCO2)c(=O)[nH]c1=O. The molecule has 0 radical (unpaired) electrons. The molecule has 0 aromatic carbocycles. The number of nitrogens with two attached hydrogens (primary N) is 1. The van der Waals surface area contributed by atoms with Crippen molar-refractivity contribution >= 4 is 17.4 Å². The molecule has 1 amide bonds. The largest absolute Gasteiger partial charge is 0.467 e. The van der Waals surface area contributed by atoms with E-state index in [1.54, 1.807) is 12.1 Å². The Kier molecular flexibility index (Phi) is 6.92. The molecule has 2 aromatic heterocycles. The molecule has 158 valence electrons. The zero-order valence-electron chi connectivity index (χ0n) is 16.7. The van der Waals surface area contributed by atoms with E-state index in [9.17, 15) is 14.4 Å². The van der Waals surface area contributed by atoms with Gasteiger partial charge >= 0.3 is 5.69 Å². The van der Waals surface area contributed by atoms with Crippen molar-refractivity contribution in [2.24, 2.45) is 0 Å². The summed E-state index contributed by atoms with van der Waals surface area (Å²) in [6, 6.07) is 3.43. The number of anilines is 2. The second-order valence-corrected chi connectivity index (χ2v) is 7.23. The lowest BCUT2D eigenvalue weighted by Crippen LogP contribution is -2.41. The van der Waals surface area contributed by atoms with Crippen molar-refractivity contribution < 1.29 is 13.9 Å². The summed E-state index contributed by atoms with van der Waals surface area (Å²) in [6.07, 6.45) is 5.83. The number of carbonyl (C=O) groups is 1. The van der Waals surface area contributed by atoms with Crippen molar-refractivity contribution in [3.05, 3.63) is 45.0 Å². The maximum atomic E-state index is 13.1. The molecule has 2 aromatic rings. The van der Waals surface area contributed by atoms with Gasteiger partial charge in [0.25, 0.3) is 5.56 Å². The van der Waals surface area contributed by atoms with Gasteiger partial charge in [0.15, 0.2) is 5.69 Å². The van der Waals surface area contributed by atoms with Crippen LogP contribution in [-0.4, -0.2) is 28.2 Å². The Morgan fingerprint density at radius 2 is 2.24 bits per heavy atom. The molecule has 1 aliphatic heterocycles. The highest BCUT2D eigenvalue weighted by atomic mass is 16.5. The van der Waals surface area contributed by atoms with Crippen LogP contribution in [-0.2, 0) is 22.6 Å².